The molecule has 1 aromatic carbocycles. The van der Waals surface area contributed by atoms with E-state index >= 15 is 0 Å². The molecule has 132 valence electrons. The maximum atomic E-state index is 12.9. The SMILES string of the molecule is NC(=O)c1c(NC(=O)CCc2ccc(F)cc2)sc2c1CCCCC2. The summed E-state index contributed by atoms with van der Waals surface area (Å²) in [5, 5.41) is 3.43. The molecule has 3 rings (SSSR count). The van der Waals surface area contributed by atoms with Gasteiger partial charge in [0.05, 0.1) is 5.56 Å². The molecule has 3 N–H and O–H groups in total. The summed E-state index contributed by atoms with van der Waals surface area (Å²) in [5.74, 6) is -0.934. The molecule has 0 unspecified atom stereocenters. The lowest BCUT2D eigenvalue weighted by Crippen LogP contribution is -2.18. The number of carbonyl (C=O) groups is 2. The van der Waals surface area contributed by atoms with E-state index in [1.807, 2.05) is 0 Å². The van der Waals surface area contributed by atoms with E-state index in [2.05, 4.69) is 5.32 Å². The number of anilines is 1. The van der Waals surface area contributed by atoms with Crippen LogP contribution in [0.15, 0.2) is 24.3 Å². The number of carbonyl (C=O) groups excluding carboxylic acids is 2. The van der Waals surface area contributed by atoms with Crippen LogP contribution in [0, 0.1) is 5.82 Å². The van der Waals surface area contributed by atoms with Gasteiger partial charge in [-0.2, -0.15) is 0 Å². The monoisotopic (exact) mass is 360 g/mol. The first-order chi connectivity index (χ1) is 12.0. The van der Waals surface area contributed by atoms with E-state index in [0.717, 1.165) is 43.2 Å². The van der Waals surface area contributed by atoms with Gasteiger partial charge in [0.1, 0.15) is 10.8 Å². The Hall–Kier alpha value is -2.21. The number of thiophene rings is 1. The molecule has 1 heterocycles. The number of nitrogens with one attached hydrogen (secondary N) is 1. The molecule has 1 aromatic heterocycles. The standard InChI is InChI=1S/C19H21FN2O2S/c20-13-9-6-12(7-10-13)8-11-16(23)22-19-17(18(21)24)14-4-2-1-3-5-15(14)25-19/h6-7,9-10H,1-5,8,11H2,(H2,21,24)(H,22,23). The molecule has 0 saturated heterocycles. The number of nitrogens with two attached hydrogens (primary N) is 1. The second-order valence-corrected chi connectivity index (χ2v) is 7.41. The Morgan fingerprint density at radius 2 is 1.84 bits per heavy atom. The number of amides is 2. The van der Waals surface area contributed by atoms with Crippen LogP contribution in [0.4, 0.5) is 9.39 Å². The highest BCUT2D eigenvalue weighted by Crippen LogP contribution is 2.37. The maximum Gasteiger partial charge on any atom is 0.251 e. The molecule has 6 heteroatoms. The molecule has 25 heavy (non-hydrogen) atoms. The lowest BCUT2D eigenvalue weighted by atomic mass is 10.1. The Labute approximate surface area is 150 Å². The summed E-state index contributed by atoms with van der Waals surface area (Å²) >= 11 is 1.47. The molecule has 0 atom stereocenters. The van der Waals surface area contributed by atoms with Gasteiger partial charge in [0.15, 0.2) is 0 Å². The van der Waals surface area contributed by atoms with Crippen molar-refractivity contribution >= 4 is 28.2 Å². The number of hydrogen-bond donors (Lipinski definition) is 2. The number of rotatable bonds is 5. The summed E-state index contributed by atoms with van der Waals surface area (Å²) in [6.45, 7) is 0. The molecule has 0 radical (unpaired) electrons. The highest BCUT2D eigenvalue weighted by Gasteiger charge is 2.24. The number of fused-ring (bicyclic) bond motifs is 1. The van der Waals surface area contributed by atoms with Crippen molar-refractivity contribution in [1.82, 2.24) is 0 Å². The van der Waals surface area contributed by atoms with Crippen LogP contribution < -0.4 is 11.1 Å². The molecular weight excluding hydrogens is 339 g/mol. The maximum absolute atomic E-state index is 12.9. The van der Waals surface area contributed by atoms with Crippen LogP contribution in [0.1, 0.15) is 52.0 Å². The Balaban J connectivity index is 1.70. The second-order valence-electron chi connectivity index (χ2n) is 6.31. The van der Waals surface area contributed by atoms with Crippen LogP contribution in [0.25, 0.3) is 0 Å². The van der Waals surface area contributed by atoms with E-state index in [9.17, 15) is 14.0 Å². The van der Waals surface area contributed by atoms with Crippen LogP contribution >= 0.6 is 11.3 Å². The highest BCUT2D eigenvalue weighted by atomic mass is 32.1. The van der Waals surface area contributed by atoms with Gasteiger partial charge in [-0.05, 0) is 55.4 Å². The number of halogens is 1. The third-order valence-electron chi connectivity index (χ3n) is 4.47. The molecule has 0 bridgehead atoms. The first kappa shape index (κ1) is 17.6. The fourth-order valence-corrected chi connectivity index (χ4v) is 4.50. The van der Waals surface area contributed by atoms with E-state index in [1.165, 1.54) is 28.3 Å². The molecule has 1 aliphatic rings. The smallest absolute Gasteiger partial charge is 0.251 e. The number of primary amides is 1. The van der Waals surface area contributed by atoms with E-state index in [1.54, 1.807) is 12.1 Å². The van der Waals surface area contributed by atoms with Gasteiger partial charge in [0.2, 0.25) is 5.91 Å². The molecule has 2 amide bonds. The van der Waals surface area contributed by atoms with Crippen molar-refractivity contribution in [2.24, 2.45) is 5.73 Å². The Morgan fingerprint density at radius 1 is 1.12 bits per heavy atom. The zero-order chi connectivity index (χ0) is 17.8. The quantitative estimate of drug-likeness (QED) is 0.796. The van der Waals surface area contributed by atoms with Gasteiger partial charge < -0.3 is 11.1 Å². The van der Waals surface area contributed by atoms with Gasteiger partial charge in [0, 0.05) is 11.3 Å². The van der Waals surface area contributed by atoms with Crippen molar-refractivity contribution in [3.8, 4) is 0 Å². The summed E-state index contributed by atoms with van der Waals surface area (Å²) in [6, 6.07) is 6.11. The summed E-state index contributed by atoms with van der Waals surface area (Å²) in [7, 11) is 0. The van der Waals surface area contributed by atoms with Gasteiger partial charge in [-0.1, -0.05) is 18.6 Å². The minimum Gasteiger partial charge on any atom is -0.365 e. The van der Waals surface area contributed by atoms with Crippen LogP contribution in [0.5, 0.6) is 0 Å². The Kier molecular flexibility index (Phi) is 5.48. The molecule has 2 aromatic rings. The fraction of sp³-hybridized carbons (Fsp3) is 0.368. The summed E-state index contributed by atoms with van der Waals surface area (Å²) in [5.41, 5.74) is 7.97. The van der Waals surface area contributed by atoms with Gasteiger partial charge >= 0.3 is 0 Å². The predicted octanol–water partition coefficient (Wildman–Crippen LogP) is 3.83. The van der Waals surface area contributed by atoms with Crippen LogP contribution in [-0.2, 0) is 24.1 Å². The summed E-state index contributed by atoms with van der Waals surface area (Å²) in [4.78, 5) is 25.3. The minimum atomic E-state index is -0.478. The average Bonchev–Trinajstić information content (AvgIpc) is 2.75. The van der Waals surface area contributed by atoms with E-state index in [-0.39, 0.29) is 18.1 Å². The molecule has 4 nitrogen and oxygen atoms in total. The summed E-state index contributed by atoms with van der Waals surface area (Å²) in [6.07, 6.45) is 5.86. The third-order valence-corrected chi connectivity index (χ3v) is 5.68. The molecule has 0 saturated carbocycles. The third kappa shape index (κ3) is 4.25. The number of benzene rings is 1. The van der Waals surface area contributed by atoms with Crippen molar-refractivity contribution in [3.63, 3.8) is 0 Å². The van der Waals surface area contributed by atoms with Crippen molar-refractivity contribution in [2.75, 3.05) is 5.32 Å². The van der Waals surface area contributed by atoms with E-state index in [0.29, 0.717) is 17.0 Å². The van der Waals surface area contributed by atoms with Gasteiger partial charge in [-0.15, -0.1) is 11.3 Å². The largest absolute Gasteiger partial charge is 0.365 e. The number of aryl methyl sites for hydroxylation is 2. The van der Waals surface area contributed by atoms with E-state index < -0.39 is 5.91 Å². The zero-order valence-electron chi connectivity index (χ0n) is 13.9. The molecule has 0 spiro atoms. The first-order valence-corrected chi connectivity index (χ1v) is 9.35. The molecule has 1 aliphatic carbocycles. The normalized spacial score (nSPS) is 13.8. The fourth-order valence-electron chi connectivity index (χ4n) is 3.19. The second kappa shape index (κ2) is 7.78. The van der Waals surface area contributed by atoms with Crippen molar-refractivity contribution in [2.45, 2.75) is 44.9 Å². The zero-order valence-corrected chi connectivity index (χ0v) is 14.8. The predicted molar refractivity (Wildman–Crippen MR) is 97.4 cm³/mol. The molecule has 0 fully saturated rings. The average molecular weight is 360 g/mol. The first-order valence-electron chi connectivity index (χ1n) is 8.53. The highest BCUT2D eigenvalue weighted by molar-refractivity contribution is 7.17. The lowest BCUT2D eigenvalue weighted by Gasteiger charge is -2.06. The van der Waals surface area contributed by atoms with Gasteiger partial charge in [-0.25, -0.2) is 4.39 Å². The van der Waals surface area contributed by atoms with Crippen LogP contribution in [0.2, 0.25) is 0 Å². The van der Waals surface area contributed by atoms with E-state index in [4.69, 9.17) is 5.73 Å². The Bertz CT molecular complexity index is 783. The van der Waals surface area contributed by atoms with Crippen LogP contribution in [0.3, 0.4) is 0 Å². The number of hydrogen-bond acceptors (Lipinski definition) is 3. The van der Waals surface area contributed by atoms with Crippen molar-refractivity contribution < 1.29 is 14.0 Å². The summed E-state index contributed by atoms with van der Waals surface area (Å²) < 4.78 is 12.9. The van der Waals surface area contributed by atoms with Crippen molar-refractivity contribution in [1.29, 1.82) is 0 Å². The van der Waals surface area contributed by atoms with Crippen LogP contribution in [-0.4, -0.2) is 11.8 Å². The Morgan fingerprint density at radius 3 is 2.56 bits per heavy atom. The molecular formula is C19H21FN2O2S. The van der Waals surface area contributed by atoms with Gasteiger partial charge in [0.25, 0.3) is 5.91 Å². The topological polar surface area (TPSA) is 72.2 Å². The molecule has 0 aliphatic heterocycles. The minimum absolute atomic E-state index is 0.164. The van der Waals surface area contributed by atoms with Gasteiger partial charge in [-0.3, -0.25) is 9.59 Å². The lowest BCUT2D eigenvalue weighted by molar-refractivity contribution is -0.116. The van der Waals surface area contributed by atoms with Crippen molar-refractivity contribution in [3.05, 3.63) is 51.7 Å².